The van der Waals surface area contributed by atoms with Crippen LogP contribution in [0.1, 0.15) is 24.5 Å². The molecule has 0 saturated heterocycles. The Labute approximate surface area is 91.9 Å². The first-order valence-corrected chi connectivity index (χ1v) is 5.88. The Hall–Kier alpha value is -1.02. The van der Waals surface area contributed by atoms with Crippen molar-refractivity contribution < 1.29 is 0 Å². The normalized spacial score (nSPS) is 19.9. The summed E-state index contributed by atoms with van der Waals surface area (Å²) < 4.78 is 0. The third kappa shape index (κ3) is 2.32. The minimum Gasteiger partial charge on any atom is -0.398 e. The van der Waals surface area contributed by atoms with Gasteiger partial charge < -0.3 is 11.1 Å². The van der Waals surface area contributed by atoms with E-state index in [1.54, 1.807) is 0 Å². The Morgan fingerprint density at radius 2 is 2.33 bits per heavy atom. The zero-order valence-corrected chi connectivity index (χ0v) is 9.42. The zero-order valence-electron chi connectivity index (χ0n) is 9.42. The van der Waals surface area contributed by atoms with Crippen LogP contribution in [0, 0.1) is 5.92 Å². The maximum Gasteiger partial charge on any atom is 0.0349 e. The molecule has 0 heterocycles. The molecule has 0 aromatic heterocycles. The van der Waals surface area contributed by atoms with E-state index in [2.05, 4.69) is 24.4 Å². The number of benzene rings is 1. The number of anilines is 1. The quantitative estimate of drug-likeness (QED) is 0.739. The molecule has 0 bridgehead atoms. The second-order valence-corrected chi connectivity index (χ2v) is 4.40. The Balaban J connectivity index is 2.07. The van der Waals surface area contributed by atoms with E-state index < -0.39 is 0 Å². The van der Waals surface area contributed by atoms with Gasteiger partial charge in [0.05, 0.1) is 0 Å². The van der Waals surface area contributed by atoms with Gasteiger partial charge in [0, 0.05) is 5.69 Å². The standard InChI is InChI=1S/C13H20N2/c1-2-15-9-10-6-7-12-11(8-10)4-3-5-13(12)14/h3-5,10,15H,2,6-9,14H2,1H3. The molecule has 0 aliphatic heterocycles. The molecule has 3 N–H and O–H groups in total. The summed E-state index contributed by atoms with van der Waals surface area (Å²) in [4.78, 5) is 0. The summed E-state index contributed by atoms with van der Waals surface area (Å²) in [5.74, 6) is 0.791. The van der Waals surface area contributed by atoms with Crippen LogP contribution in [-0.4, -0.2) is 13.1 Å². The summed E-state index contributed by atoms with van der Waals surface area (Å²) >= 11 is 0. The maximum absolute atomic E-state index is 5.97. The van der Waals surface area contributed by atoms with Gasteiger partial charge in [-0.05, 0) is 55.5 Å². The monoisotopic (exact) mass is 204 g/mol. The summed E-state index contributed by atoms with van der Waals surface area (Å²) in [6.07, 6.45) is 3.61. The van der Waals surface area contributed by atoms with E-state index in [1.807, 2.05) is 6.07 Å². The fourth-order valence-corrected chi connectivity index (χ4v) is 2.43. The molecule has 15 heavy (non-hydrogen) atoms. The average molecular weight is 204 g/mol. The van der Waals surface area contributed by atoms with Crippen LogP contribution < -0.4 is 11.1 Å². The molecule has 0 amide bonds. The van der Waals surface area contributed by atoms with Crippen LogP contribution in [0.2, 0.25) is 0 Å². The van der Waals surface area contributed by atoms with Gasteiger partial charge in [-0.25, -0.2) is 0 Å². The van der Waals surface area contributed by atoms with E-state index >= 15 is 0 Å². The third-order valence-corrected chi connectivity index (χ3v) is 3.30. The molecule has 1 aromatic carbocycles. The predicted molar refractivity (Wildman–Crippen MR) is 64.9 cm³/mol. The lowest BCUT2D eigenvalue weighted by atomic mass is 9.83. The van der Waals surface area contributed by atoms with Gasteiger partial charge in [-0.1, -0.05) is 19.1 Å². The number of hydrogen-bond acceptors (Lipinski definition) is 2. The molecule has 1 aliphatic rings. The van der Waals surface area contributed by atoms with Crippen LogP contribution in [0.15, 0.2) is 18.2 Å². The van der Waals surface area contributed by atoms with Crippen molar-refractivity contribution in [1.29, 1.82) is 0 Å². The van der Waals surface area contributed by atoms with Gasteiger partial charge in [-0.2, -0.15) is 0 Å². The predicted octanol–water partition coefficient (Wildman–Crippen LogP) is 1.98. The van der Waals surface area contributed by atoms with Crippen molar-refractivity contribution in [2.45, 2.75) is 26.2 Å². The molecule has 1 aliphatic carbocycles. The number of nitrogens with one attached hydrogen (secondary N) is 1. The van der Waals surface area contributed by atoms with Crippen LogP contribution in [0.3, 0.4) is 0 Å². The number of fused-ring (bicyclic) bond motifs is 1. The fraction of sp³-hybridized carbons (Fsp3) is 0.538. The van der Waals surface area contributed by atoms with Crippen LogP contribution >= 0.6 is 0 Å². The number of nitrogens with two attached hydrogens (primary N) is 1. The van der Waals surface area contributed by atoms with E-state index in [0.29, 0.717) is 0 Å². The SMILES string of the molecule is CCNCC1CCc2c(N)cccc2C1. The summed E-state index contributed by atoms with van der Waals surface area (Å²) in [5.41, 5.74) is 9.81. The molecule has 0 radical (unpaired) electrons. The van der Waals surface area contributed by atoms with Gasteiger partial charge in [0.25, 0.3) is 0 Å². The van der Waals surface area contributed by atoms with Crippen LogP contribution in [0.5, 0.6) is 0 Å². The zero-order chi connectivity index (χ0) is 10.7. The molecule has 1 aromatic rings. The highest BCUT2D eigenvalue weighted by molar-refractivity contribution is 5.52. The summed E-state index contributed by atoms with van der Waals surface area (Å²) in [6, 6.07) is 6.32. The van der Waals surface area contributed by atoms with Gasteiger partial charge in [0.1, 0.15) is 0 Å². The Morgan fingerprint density at radius 1 is 1.47 bits per heavy atom. The van der Waals surface area contributed by atoms with Crippen molar-refractivity contribution in [2.75, 3.05) is 18.8 Å². The van der Waals surface area contributed by atoms with Gasteiger partial charge in [0.2, 0.25) is 0 Å². The molecule has 0 fully saturated rings. The lowest BCUT2D eigenvalue weighted by Crippen LogP contribution is -2.27. The third-order valence-electron chi connectivity index (χ3n) is 3.30. The summed E-state index contributed by atoms with van der Waals surface area (Å²) in [5, 5.41) is 3.43. The van der Waals surface area contributed by atoms with E-state index in [1.165, 1.54) is 24.0 Å². The Morgan fingerprint density at radius 3 is 3.13 bits per heavy atom. The van der Waals surface area contributed by atoms with Crippen molar-refractivity contribution >= 4 is 5.69 Å². The van der Waals surface area contributed by atoms with Crippen LogP contribution in [0.25, 0.3) is 0 Å². The molecule has 1 atom stereocenters. The van der Waals surface area contributed by atoms with E-state index in [0.717, 1.165) is 31.1 Å². The highest BCUT2D eigenvalue weighted by atomic mass is 14.8. The van der Waals surface area contributed by atoms with Crippen molar-refractivity contribution in [3.8, 4) is 0 Å². The van der Waals surface area contributed by atoms with Gasteiger partial charge in [-0.15, -0.1) is 0 Å². The number of rotatable bonds is 3. The van der Waals surface area contributed by atoms with Gasteiger partial charge >= 0.3 is 0 Å². The van der Waals surface area contributed by atoms with Crippen molar-refractivity contribution in [3.05, 3.63) is 29.3 Å². The molecule has 0 spiro atoms. The highest BCUT2D eigenvalue weighted by Gasteiger charge is 2.19. The van der Waals surface area contributed by atoms with Crippen LogP contribution in [-0.2, 0) is 12.8 Å². The van der Waals surface area contributed by atoms with E-state index in [9.17, 15) is 0 Å². The highest BCUT2D eigenvalue weighted by Crippen LogP contribution is 2.28. The molecule has 0 saturated carbocycles. The topological polar surface area (TPSA) is 38.0 Å². The first-order valence-electron chi connectivity index (χ1n) is 5.88. The molecule has 2 heteroatoms. The minimum atomic E-state index is 0.791. The van der Waals surface area contributed by atoms with E-state index in [-0.39, 0.29) is 0 Å². The summed E-state index contributed by atoms with van der Waals surface area (Å²) in [7, 11) is 0. The Kier molecular flexibility index (Phi) is 3.27. The summed E-state index contributed by atoms with van der Waals surface area (Å²) in [6.45, 7) is 4.37. The lowest BCUT2D eigenvalue weighted by molar-refractivity contribution is 0.430. The van der Waals surface area contributed by atoms with Crippen LogP contribution in [0.4, 0.5) is 5.69 Å². The minimum absolute atomic E-state index is 0.791. The second-order valence-electron chi connectivity index (χ2n) is 4.40. The van der Waals surface area contributed by atoms with Crippen molar-refractivity contribution in [3.63, 3.8) is 0 Å². The lowest BCUT2D eigenvalue weighted by Gasteiger charge is -2.25. The van der Waals surface area contributed by atoms with Gasteiger partial charge in [0.15, 0.2) is 0 Å². The molecular formula is C13H20N2. The van der Waals surface area contributed by atoms with Crippen molar-refractivity contribution in [1.82, 2.24) is 5.32 Å². The maximum atomic E-state index is 5.97. The number of hydrogen-bond donors (Lipinski definition) is 2. The van der Waals surface area contributed by atoms with Crippen molar-refractivity contribution in [2.24, 2.45) is 5.92 Å². The fourth-order valence-electron chi connectivity index (χ4n) is 2.43. The molecule has 2 nitrogen and oxygen atoms in total. The first kappa shape index (κ1) is 10.5. The first-order chi connectivity index (χ1) is 7.31. The molecule has 1 unspecified atom stereocenters. The Bertz CT molecular complexity index is 333. The van der Waals surface area contributed by atoms with Gasteiger partial charge in [-0.3, -0.25) is 0 Å². The molecule has 2 rings (SSSR count). The second kappa shape index (κ2) is 4.67. The number of nitrogen functional groups attached to an aromatic ring is 1. The average Bonchev–Trinajstić information content (AvgIpc) is 2.26. The molecular weight excluding hydrogens is 184 g/mol. The van der Waals surface area contributed by atoms with E-state index in [4.69, 9.17) is 5.73 Å². The largest absolute Gasteiger partial charge is 0.398 e. The smallest absolute Gasteiger partial charge is 0.0349 e. The molecule has 82 valence electrons.